The number of furan rings is 3. The van der Waals surface area contributed by atoms with E-state index >= 15 is 0 Å². The van der Waals surface area contributed by atoms with E-state index in [0.29, 0.717) is 0 Å². The largest absolute Gasteiger partial charge is 0.455 e. The molecule has 11 aromatic rings. The Balaban J connectivity index is 1.35. The van der Waals surface area contributed by atoms with Crippen LogP contribution in [0.5, 0.6) is 0 Å². The Morgan fingerprint density at radius 1 is 0.383 bits per heavy atom. The minimum Gasteiger partial charge on any atom is -0.455 e. The van der Waals surface area contributed by atoms with Crippen LogP contribution in [0.3, 0.4) is 0 Å². The second-order valence-electron chi connectivity index (χ2n) is 12.0. The summed E-state index contributed by atoms with van der Waals surface area (Å²) in [6.07, 6.45) is 0. The lowest BCUT2D eigenvalue weighted by molar-refractivity contribution is 0.666. The first kappa shape index (κ1) is 25.2. The highest BCUT2D eigenvalue weighted by Crippen LogP contribution is 2.52. The number of hydrogen-bond donors (Lipinski definition) is 0. The molecule has 0 aliphatic carbocycles. The molecule has 0 fully saturated rings. The second kappa shape index (κ2) is 9.25. The monoisotopic (exact) mass is 621 g/mol. The van der Waals surface area contributed by atoms with E-state index in [1.165, 1.54) is 10.1 Å². The molecule has 0 saturated carbocycles. The van der Waals surface area contributed by atoms with Crippen LogP contribution in [0.4, 0.5) is 17.1 Å². The van der Waals surface area contributed by atoms with Crippen molar-refractivity contribution in [1.82, 2.24) is 0 Å². The van der Waals surface area contributed by atoms with E-state index in [1.807, 2.05) is 30.3 Å². The van der Waals surface area contributed by atoms with Gasteiger partial charge in [0, 0.05) is 47.8 Å². The van der Waals surface area contributed by atoms with Gasteiger partial charge in [-0.25, -0.2) is 0 Å². The highest BCUT2D eigenvalue weighted by atomic mass is 32.1. The Morgan fingerprint density at radius 3 is 1.45 bits per heavy atom. The summed E-state index contributed by atoms with van der Waals surface area (Å²) in [5.41, 5.74) is 8.09. The van der Waals surface area contributed by atoms with Crippen LogP contribution in [0.2, 0.25) is 0 Å². The Kier molecular flexibility index (Phi) is 4.96. The zero-order valence-corrected chi connectivity index (χ0v) is 25.7. The summed E-state index contributed by atoms with van der Waals surface area (Å²) in [7, 11) is 0. The molecule has 0 spiro atoms. The van der Waals surface area contributed by atoms with Crippen LogP contribution in [0.15, 0.2) is 153 Å². The van der Waals surface area contributed by atoms with Gasteiger partial charge in [0.1, 0.15) is 22.3 Å². The molecule has 0 saturated heterocycles. The average molecular weight is 622 g/mol. The number of benzene rings is 7. The van der Waals surface area contributed by atoms with Crippen molar-refractivity contribution in [1.29, 1.82) is 0 Å². The molecule has 11 rings (SSSR count). The van der Waals surface area contributed by atoms with Crippen LogP contribution in [0.25, 0.3) is 86.0 Å². The van der Waals surface area contributed by atoms with Crippen molar-refractivity contribution < 1.29 is 13.3 Å². The number of hydrogen-bond acceptors (Lipinski definition) is 5. The number of nitrogens with zero attached hydrogens (tertiary/aromatic N) is 1. The van der Waals surface area contributed by atoms with Crippen LogP contribution in [0.1, 0.15) is 0 Å². The third-order valence-electron chi connectivity index (χ3n) is 9.46. The van der Waals surface area contributed by atoms with Crippen molar-refractivity contribution in [3.8, 4) is 0 Å². The molecule has 0 bridgehead atoms. The van der Waals surface area contributed by atoms with Gasteiger partial charge in [-0.3, -0.25) is 0 Å². The molecule has 0 aliphatic rings. The first-order valence-corrected chi connectivity index (χ1v) is 16.5. The normalized spacial score (nSPS) is 12.3. The first-order chi connectivity index (χ1) is 23.3. The quantitative estimate of drug-likeness (QED) is 0.197. The van der Waals surface area contributed by atoms with Crippen molar-refractivity contribution in [3.05, 3.63) is 140 Å². The molecule has 7 aromatic carbocycles. The van der Waals surface area contributed by atoms with E-state index in [1.54, 1.807) is 11.3 Å². The van der Waals surface area contributed by atoms with E-state index in [4.69, 9.17) is 13.3 Å². The molecule has 0 amide bonds. The van der Waals surface area contributed by atoms with Crippen LogP contribution >= 0.6 is 11.3 Å². The summed E-state index contributed by atoms with van der Waals surface area (Å²) in [4.78, 5) is 2.34. The molecule has 0 unspecified atom stereocenters. The van der Waals surface area contributed by atoms with Crippen molar-refractivity contribution in [2.75, 3.05) is 4.90 Å². The van der Waals surface area contributed by atoms with Crippen molar-refractivity contribution >= 4 is 114 Å². The highest BCUT2D eigenvalue weighted by molar-refractivity contribution is 7.26. The molecular formula is C42H23NO3S. The number of rotatable bonds is 3. The molecule has 0 atom stereocenters. The number of fused-ring (bicyclic) bond motifs is 13. The van der Waals surface area contributed by atoms with E-state index in [0.717, 1.165) is 93.0 Å². The molecular weight excluding hydrogens is 599 g/mol. The van der Waals surface area contributed by atoms with Gasteiger partial charge in [0.15, 0.2) is 11.2 Å². The molecule has 4 aromatic heterocycles. The predicted octanol–water partition coefficient (Wildman–Crippen LogP) is 13.2. The first-order valence-electron chi connectivity index (χ1n) is 15.7. The van der Waals surface area contributed by atoms with Gasteiger partial charge in [0.2, 0.25) is 0 Å². The molecule has 0 aliphatic heterocycles. The molecule has 4 heterocycles. The summed E-state index contributed by atoms with van der Waals surface area (Å²) in [5, 5.41) is 8.79. The summed E-state index contributed by atoms with van der Waals surface area (Å²) < 4.78 is 22.4. The SMILES string of the molecule is c1ccc2c(c1)oc1c(N(c3cccc4c3oc3ccccc34)c3cc4c5ccccc5oc4c4c3sc3ccccc34)cccc12. The fourth-order valence-electron chi connectivity index (χ4n) is 7.42. The van der Waals surface area contributed by atoms with Crippen molar-refractivity contribution in [2.24, 2.45) is 0 Å². The van der Waals surface area contributed by atoms with Gasteiger partial charge in [0.25, 0.3) is 0 Å². The maximum atomic E-state index is 6.70. The van der Waals surface area contributed by atoms with Gasteiger partial charge in [-0.2, -0.15) is 0 Å². The third-order valence-corrected chi connectivity index (χ3v) is 10.7. The minimum absolute atomic E-state index is 0.827. The Hall–Kier alpha value is -6.04. The summed E-state index contributed by atoms with van der Waals surface area (Å²) in [5.74, 6) is 0. The maximum Gasteiger partial charge on any atom is 0.159 e. The minimum atomic E-state index is 0.827. The van der Waals surface area contributed by atoms with Crippen molar-refractivity contribution in [3.63, 3.8) is 0 Å². The Morgan fingerprint density at radius 2 is 0.851 bits per heavy atom. The molecule has 4 nitrogen and oxygen atoms in total. The van der Waals surface area contributed by atoms with Gasteiger partial charge >= 0.3 is 0 Å². The fraction of sp³-hybridized carbons (Fsp3) is 0. The summed E-state index contributed by atoms with van der Waals surface area (Å²) in [6, 6.07) is 48.6. The lowest BCUT2D eigenvalue weighted by atomic mass is 10.0. The van der Waals surface area contributed by atoms with E-state index < -0.39 is 0 Å². The zero-order chi connectivity index (χ0) is 30.6. The second-order valence-corrected chi connectivity index (χ2v) is 13.1. The average Bonchev–Trinajstić information content (AvgIpc) is 3.89. The molecule has 0 radical (unpaired) electrons. The number of para-hydroxylation sites is 5. The smallest absolute Gasteiger partial charge is 0.159 e. The lowest BCUT2D eigenvalue weighted by Gasteiger charge is -2.26. The molecule has 47 heavy (non-hydrogen) atoms. The van der Waals surface area contributed by atoms with Crippen LogP contribution in [0, 0.1) is 0 Å². The van der Waals surface area contributed by atoms with Gasteiger partial charge < -0.3 is 18.2 Å². The van der Waals surface area contributed by atoms with E-state index in [2.05, 4.69) is 114 Å². The van der Waals surface area contributed by atoms with Crippen LogP contribution in [-0.4, -0.2) is 0 Å². The predicted molar refractivity (Wildman–Crippen MR) is 196 cm³/mol. The fourth-order valence-corrected chi connectivity index (χ4v) is 8.63. The zero-order valence-electron chi connectivity index (χ0n) is 24.9. The summed E-state index contributed by atoms with van der Waals surface area (Å²) >= 11 is 1.79. The molecule has 0 N–H and O–H groups in total. The number of thiophene rings is 1. The van der Waals surface area contributed by atoms with Gasteiger partial charge in [-0.05, 0) is 42.5 Å². The third kappa shape index (κ3) is 3.41. The van der Waals surface area contributed by atoms with Crippen molar-refractivity contribution in [2.45, 2.75) is 0 Å². The van der Waals surface area contributed by atoms with Crippen LogP contribution < -0.4 is 4.90 Å². The lowest BCUT2D eigenvalue weighted by Crippen LogP contribution is -2.11. The van der Waals surface area contributed by atoms with E-state index in [-0.39, 0.29) is 0 Å². The standard InChI is InChI=1S/C42H23NO3S/c1-5-19-34-24(11-1)27-15-9-17-31(39(27)44-34)43(32-18-10-16-28-25-12-2-6-20-35(25)45-40(28)32)33-23-30-26-13-3-7-21-36(26)46-41(30)38-29-14-4-8-22-37(29)47-42(33)38/h1-23H. The maximum absolute atomic E-state index is 6.70. The Labute approximate surface area is 271 Å². The van der Waals surface area contributed by atoms with Crippen LogP contribution in [-0.2, 0) is 0 Å². The number of anilines is 3. The summed E-state index contributed by atoms with van der Waals surface area (Å²) in [6.45, 7) is 0. The molecule has 5 heteroatoms. The van der Waals surface area contributed by atoms with E-state index in [9.17, 15) is 0 Å². The topological polar surface area (TPSA) is 42.7 Å². The molecule has 220 valence electrons. The Bertz CT molecular complexity index is 2930. The van der Waals surface area contributed by atoms with Gasteiger partial charge in [-0.15, -0.1) is 11.3 Å². The van der Waals surface area contributed by atoms with Gasteiger partial charge in [-0.1, -0.05) is 97.1 Å². The van der Waals surface area contributed by atoms with Gasteiger partial charge in [0.05, 0.1) is 21.8 Å². The highest BCUT2D eigenvalue weighted by Gasteiger charge is 2.27.